The highest BCUT2D eigenvalue weighted by atomic mass is 32.2. The summed E-state index contributed by atoms with van der Waals surface area (Å²) in [6, 6.07) is 17.0. The summed E-state index contributed by atoms with van der Waals surface area (Å²) >= 11 is 2.67. The van der Waals surface area contributed by atoms with Gasteiger partial charge in [0.05, 0.1) is 16.4 Å². The molecule has 2 aromatic carbocycles. The van der Waals surface area contributed by atoms with Crippen molar-refractivity contribution in [1.82, 2.24) is 20.2 Å². The second-order valence-electron chi connectivity index (χ2n) is 5.94. The molecular formula is C19H13N5O3S2. The predicted molar refractivity (Wildman–Crippen MR) is 108 cm³/mol. The maximum atomic E-state index is 12.6. The van der Waals surface area contributed by atoms with Crippen molar-refractivity contribution in [2.45, 2.75) is 16.6 Å². The van der Waals surface area contributed by atoms with Crippen LogP contribution < -0.4 is 0 Å². The van der Waals surface area contributed by atoms with Crippen molar-refractivity contribution >= 4 is 34.6 Å². The van der Waals surface area contributed by atoms with Gasteiger partial charge < -0.3 is 0 Å². The fourth-order valence-electron chi connectivity index (χ4n) is 2.66. The highest BCUT2D eigenvalue weighted by Gasteiger charge is 2.21. The average Bonchev–Trinajstić information content (AvgIpc) is 3.41. The summed E-state index contributed by atoms with van der Waals surface area (Å²) in [6.45, 7) is 0.478. The van der Waals surface area contributed by atoms with Crippen molar-refractivity contribution in [2.24, 2.45) is 0 Å². The molecule has 0 saturated carbocycles. The molecule has 2 aromatic heterocycles. The zero-order valence-electron chi connectivity index (χ0n) is 14.8. The SMILES string of the molecule is O=C(c1ccccc1)c1ccc(Sc2nnnn2Cc2cccs2)c([N+](=O)[O-])c1. The molecule has 0 radical (unpaired) electrons. The Bertz CT molecular complexity index is 1160. The van der Waals surface area contributed by atoms with Crippen LogP contribution in [0, 0.1) is 10.1 Å². The first-order chi connectivity index (χ1) is 14.1. The van der Waals surface area contributed by atoms with Crippen LogP contribution in [0.3, 0.4) is 0 Å². The van der Waals surface area contributed by atoms with E-state index in [-0.39, 0.29) is 17.0 Å². The minimum atomic E-state index is -0.502. The minimum absolute atomic E-state index is 0.164. The van der Waals surface area contributed by atoms with Crippen LogP contribution in [0.25, 0.3) is 0 Å². The maximum Gasteiger partial charge on any atom is 0.284 e. The lowest BCUT2D eigenvalue weighted by atomic mass is 10.0. The van der Waals surface area contributed by atoms with Crippen molar-refractivity contribution in [3.63, 3.8) is 0 Å². The molecule has 0 aliphatic rings. The molecule has 144 valence electrons. The zero-order valence-corrected chi connectivity index (χ0v) is 16.5. The van der Waals surface area contributed by atoms with Gasteiger partial charge in [0.15, 0.2) is 5.78 Å². The van der Waals surface area contributed by atoms with Crippen LogP contribution in [0.1, 0.15) is 20.8 Å². The number of aromatic nitrogens is 4. The van der Waals surface area contributed by atoms with Crippen LogP contribution in [0.5, 0.6) is 0 Å². The number of hydrogen-bond acceptors (Lipinski definition) is 8. The summed E-state index contributed by atoms with van der Waals surface area (Å²) in [6.07, 6.45) is 0. The van der Waals surface area contributed by atoms with Crippen LogP contribution in [0.15, 0.2) is 76.1 Å². The Kier molecular flexibility index (Phi) is 5.45. The summed E-state index contributed by atoms with van der Waals surface area (Å²) in [5.41, 5.74) is 0.565. The van der Waals surface area contributed by atoms with Crippen LogP contribution >= 0.6 is 23.1 Å². The van der Waals surface area contributed by atoms with E-state index in [9.17, 15) is 14.9 Å². The molecule has 0 atom stereocenters. The summed E-state index contributed by atoms with van der Waals surface area (Å²) < 4.78 is 1.59. The fourth-order valence-corrected chi connectivity index (χ4v) is 4.20. The molecule has 0 bridgehead atoms. The highest BCUT2D eigenvalue weighted by molar-refractivity contribution is 7.99. The molecule has 0 fully saturated rings. The van der Waals surface area contributed by atoms with E-state index >= 15 is 0 Å². The molecule has 29 heavy (non-hydrogen) atoms. The largest absolute Gasteiger partial charge is 0.289 e. The van der Waals surface area contributed by atoms with E-state index < -0.39 is 4.92 Å². The van der Waals surface area contributed by atoms with Crippen LogP contribution in [0.4, 0.5) is 5.69 Å². The lowest BCUT2D eigenvalue weighted by Gasteiger charge is -2.06. The second kappa shape index (κ2) is 8.33. The number of tetrazole rings is 1. The summed E-state index contributed by atoms with van der Waals surface area (Å²) in [7, 11) is 0. The smallest absolute Gasteiger partial charge is 0.284 e. The fraction of sp³-hybridized carbons (Fsp3) is 0.0526. The molecule has 8 nitrogen and oxygen atoms in total. The van der Waals surface area contributed by atoms with Crippen molar-refractivity contribution in [3.05, 3.63) is 92.2 Å². The monoisotopic (exact) mass is 423 g/mol. The number of carbonyl (C=O) groups excluding carboxylic acids is 1. The second-order valence-corrected chi connectivity index (χ2v) is 7.98. The molecule has 0 N–H and O–H groups in total. The molecule has 0 saturated heterocycles. The van der Waals surface area contributed by atoms with Crippen molar-refractivity contribution < 1.29 is 9.72 Å². The molecule has 0 amide bonds. The van der Waals surface area contributed by atoms with E-state index in [1.807, 2.05) is 17.5 Å². The number of ketones is 1. The maximum absolute atomic E-state index is 12.6. The van der Waals surface area contributed by atoms with Crippen LogP contribution in [-0.2, 0) is 6.54 Å². The zero-order chi connectivity index (χ0) is 20.2. The Labute approximate surface area is 173 Å². The number of nitro groups is 1. The molecule has 0 aliphatic heterocycles. The first-order valence-corrected chi connectivity index (χ1v) is 10.2. The van der Waals surface area contributed by atoms with Crippen LogP contribution in [0.2, 0.25) is 0 Å². The normalized spacial score (nSPS) is 10.8. The van der Waals surface area contributed by atoms with Gasteiger partial charge in [-0.05, 0) is 45.8 Å². The van der Waals surface area contributed by atoms with Gasteiger partial charge in [0.1, 0.15) is 0 Å². The van der Waals surface area contributed by atoms with Gasteiger partial charge >= 0.3 is 0 Å². The third-order valence-corrected chi connectivity index (χ3v) is 5.94. The Morgan fingerprint density at radius 3 is 2.66 bits per heavy atom. The van der Waals surface area contributed by atoms with E-state index in [2.05, 4.69) is 15.5 Å². The van der Waals surface area contributed by atoms with E-state index in [1.165, 1.54) is 6.07 Å². The van der Waals surface area contributed by atoms with Gasteiger partial charge in [0.25, 0.3) is 5.69 Å². The number of hydrogen-bond donors (Lipinski definition) is 0. The van der Waals surface area contributed by atoms with E-state index in [4.69, 9.17) is 0 Å². The van der Waals surface area contributed by atoms with Gasteiger partial charge in [-0.1, -0.05) is 36.4 Å². The molecule has 10 heteroatoms. The Balaban J connectivity index is 1.63. The highest BCUT2D eigenvalue weighted by Crippen LogP contribution is 2.34. The Morgan fingerprint density at radius 2 is 1.93 bits per heavy atom. The number of carbonyl (C=O) groups is 1. The number of rotatable bonds is 7. The summed E-state index contributed by atoms with van der Waals surface area (Å²) in [4.78, 5) is 25.2. The quantitative estimate of drug-likeness (QED) is 0.251. The molecule has 0 spiro atoms. The van der Waals surface area contributed by atoms with Crippen molar-refractivity contribution in [3.8, 4) is 0 Å². The third-order valence-electron chi connectivity index (χ3n) is 4.04. The molecule has 4 rings (SSSR count). The van der Waals surface area contributed by atoms with Gasteiger partial charge in [0.2, 0.25) is 5.16 Å². The minimum Gasteiger partial charge on any atom is -0.289 e. The van der Waals surface area contributed by atoms with Crippen LogP contribution in [-0.4, -0.2) is 30.9 Å². The number of nitro benzene ring substituents is 1. The predicted octanol–water partition coefficient (Wildman–Crippen LogP) is 4.07. The molecule has 4 aromatic rings. The van der Waals surface area contributed by atoms with Gasteiger partial charge in [-0.2, -0.15) is 0 Å². The first-order valence-electron chi connectivity index (χ1n) is 8.46. The van der Waals surface area contributed by atoms with Gasteiger partial charge in [-0.25, -0.2) is 4.68 Å². The first kappa shape index (κ1) is 19.0. The third kappa shape index (κ3) is 4.23. The van der Waals surface area contributed by atoms with Gasteiger partial charge in [-0.15, -0.1) is 16.4 Å². The Hall–Kier alpha value is -3.37. The summed E-state index contributed by atoms with van der Waals surface area (Å²) in [5.74, 6) is -0.271. The number of thiophene rings is 1. The number of benzene rings is 2. The Morgan fingerprint density at radius 1 is 1.10 bits per heavy atom. The van der Waals surface area contributed by atoms with Crippen molar-refractivity contribution in [1.29, 1.82) is 0 Å². The van der Waals surface area contributed by atoms with Crippen molar-refractivity contribution in [2.75, 3.05) is 0 Å². The molecule has 0 unspecified atom stereocenters. The van der Waals surface area contributed by atoms with Gasteiger partial charge in [0, 0.05) is 22.1 Å². The standard InChI is InChI=1S/C19H13N5O3S2/c25-18(13-5-2-1-3-6-13)14-8-9-17(16(11-14)24(26)27)29-19-20-21-22-23(19)12-15-7-4-10-28-15/h1-11H,12H2. The van der Waals surface area contributed by atoms with E-state index in [0.29, 0.717) is 22.2 Å². The van der Waals surface area contributed by atoms with E-state index in [1.54, 1.807) is 58.5 Å². The average molecular weight is 423 g/mol. The van der Waals surface area contributed by atoms with E-state index in [0.717, 1.165) is 16.6 Å². The number of nitrogens with zero attached hydrogens (tertiary/aromatic N) is 5. The molecule has 0 aliphatic carbocycles. The lowest BCUT2D eigenvalue weighted by molar-refractivity contribution is -0.387. The molecular weight excluding hydrogens is 410 g/mol. The lowest BCUT2D eigenvalue weighted by Crippen LogP contribution is -2.04. The topological polar surface area (TPSA) is 104 Å². The van der Waals surface area contributed by atoms with Gasteiger partial charge in [-0.3, -0.25) is 14.9 Å². The molecule has 2 heterocycles. The summed E-state index contributed by atoms with van der Waals surface area (Å²) in [5, 5.41) is 25.6.